The maximum atomic E-state index is 10.2. The van der Waals surface area contributed by atoms with E-state index in [2.05, 4.69) is 0 Å². The molecule has 1 saturated heterocycles. The molecule has 0 saturated carbocycles. The van der Waals surface area contributed by atoms with Crippen LogP contribution in [0.5, 0.6) is 11.5 Å². The summed E-state index contributed by atoms with van der Waals surface area (Å²) in [6, 6.07) is 5.38. The van der Waals surface area contributed by atoms with Gasteiger partial charge in [-0.2, -0.15) is 0 Å². The van der Waals surface area contributed by atoms with Gasteiger partial charge in [-0.3, -0.25) is 0 Å². The molecule has 5 heteroatoms. The number of hydrogen-bond donors (Lipinski definition) is 1. The van der Waals surface area contributed by atoms with E-state index in [-0.39, 0.29) is 12.7 Å². The molecule has 1 aliphatic rings. The lowest BCUT2D eigenvalue weighted by Crippen LogP contribution is -2.25. The van der Waals surface area contributed by atoms with E-state index < -0.39 is 6.10 Å². The number of aliphatic hydroxyl groups excluding tert-OH is 1. The largest absolute Gasteiger partial charge is 0.493 e. The zero-order chi connectivity index (χ0) is 14.4. The van der Waals surface area contributed by atoms with E-state index in [1.807, 2.05) is 6.07 Å². The van der Waals surface area contributed by atoms with E-state index in [4.69, 9.17) is 18.9 Å². The Morgan fingerprint density at radius 2 is 1.90 bits per heavy atom. The lowest BCUT2D eigenvalue weighted by atomic mass is 10.1. The van der Waals surface area contributed by atoms with Crippen molar-refractivity contribution in [3.8, 4) is 11.5 Å². The highest BCUT2D eigenvalue weighted by atomic mass is 16.5. The van der Waals surface area contributed by atoms with Crippen LogP contribution in [0.3, 0.4) is 0 Å². The predicted octanol–water partition coefficient (Wildman–Crippen LogP) is 1.93. The van der Waals surface area contributed by atoms with E-state index in [1.165, 1.54) is 0 Å². The van der Waals surface area contributed by atoms with Crippen molar-refractivity contribution in [2.24, 2.45) is 0 Å². The molecule has 1 aromatic carbocycles. The summed E-state index contributed by atoms with van der Waals surface area (Å²) in [7, 11) is 3.16. The van der Waals surface area contributed by atoms with Crippen molar-refractivity contribution in [3.63, 3.8) is 0 Å². The SMILES string of the molecule is COc1ccc(C(O)COC2CCOCC2)cc1OC. The number of aliphatic hydroxyl groups is 1. The topological polar surface area (TPSA) is 57.2 Å². The molecular weight excluding hydrogens is 260 g/mol. The van der Waals surface area contributed by atoms with Gasteiger partial charge >= 0.3 is 0 Å². The second kappa shape index (κ2) is 7.47. The Morgan fingerprint density at radius 1 is 1.20 bits per heavy atom. The van der Waals surface area contributed by atoms with Crippen LogP contribution in [0, 0.1) is 0 Å². The van der Waals surface area contributed by atoms with Crippen LogP contribution in [-0.2, 0) is 9.47 Å². The minimum Gasteiger partial charge on any atom is -0.493 e. The lowest BCUT2D eigenvalue weighted by molar-refractivity contribution is -0.0598. The third-order valence-corrected chi connectivity index (χ3v) is 3.45. The Balaban J connectivity index is 1.92. The standard InChI is InChI=1S/C15H22O5/c1-17-14-4-3-11(9-15(14)18-2)13(16)10-20-12-5-7-19-8-6-12/h3-4,9,12-13,16H,5-8,10H2,1-2H3. The van der Waals surface area contributed by atoms with Crippen molar-refractivity contribution in [3.05, 3.63) is 23.8 Å². The van der Waals surface area contributed by atoms with E-state index in [0.717, 1.165) is 31.6 Å². The van der Waals surface area contributed by atoms with E-state index in [0.29, 0.717) is 11.5 Å². The summed E-state index contributed by atoms with van der Waals surface area (Å²) in [5.74, 6) is 1.25. The van der Waals surface area contributed by atoms with Crippen LogP contribution < -0.4 is 9.47 Å². The van der Waals surface area contributed by atoms with Gasteiger partial charge in [0.25, 0.3) is 0 Å². The van der Waals surface area contributed by atoms with Crippen LogP contribution in [0.25, 0.3) is 0 Å². The summed E-state index contributed by atoms with van der Waals surface area (Å²) in [5, 5.41) is 10.2. The molecule has 1 aliphatic heterocycles. The van der Waals surface area contributed by atoms with Crippen molar-refractivity contribution >= 4 is 0 Å². The quantitative estimate of drug-likeness (QED) is 0.864. The monoisotopic (exact) mass is 282 g/mol. The van der Waals surface area contributed by atoms with E-state index in [9.17, 15) is 5.11 Å². The van der Waals surface area contributed by atoms with Crippen LogP contribution in [0.4, 0.5) is 0 Å². The van der Waals surface area contributed by atoms with Gasteiger partial charge in [0.05, 0.1) is 26.9 Å². The Labute approximate surface area is 119 Å². The van der Waals surface area contributed by atoms with Crippen molar-refractivity contribution in [2.75, 3.05) is 34.0 Å². The Hall–Kier alpha value is -1.30. The summed E-state index contributed by atoms with van der Waals surface area (Å²) in [6.45, 7) is 1.74. The molecule has 0 aliphatic carbocycles. The molecular formula is C15H22O5. The molecule has 1 aromatic rings. The number of ether oxygens (including phenoxy) is 4. The molecule has 0 bridgehead atoms. The van der Waals surface area contributed by atoms with Gasteiger partial charge in [0, 0.05) is 13.2 Å². The van der Waals surface area contributed by atoms with Gasteiger partial charge in [-0.25, -0.2) is 0 Å². The summed E-state index contributed by atoms with van der Waals surface area (Å²) >= 11 is 0. The first-order valence-electron chi connectivity index (χ1n) is 6.84. The van der Waals surface area contributed by atoms with Crippen LogP contribution >= 0.6 is 0 Å². The Bertz CT molecular complexity index is 415. The maximum Gasteiger partial charge on any atom is 0.161 e. The first kappa shape index (κ1) is 15.1. The number of rotatable bonds is 6. The average molecular weight is 282 g/mol. The summed E-state index contributed by atoms with van der Waals surface area (Å²) in [5.41, 5.74) is 0.759. The van der Waals surface area contributed by atoms with Gasteiger partial charge in [-0.15, -0.1) is 0 Å². The van der Waals surface area contributed by atoms with Gasteiger partial charge in [-0.1, -0.05) is 6.07 Å². The molecule has 1 N–H and O–H groups in total. The first-order valence-corrected chi connectivity index (χ1v) is 6.84. The zero-order valence-electron chi connectivity index (χ0n) is 12.0. The van der Waals surface area contributed by atoms with Crippen molar-refractivity contribution in [2.45, 2.75) is 25.0 Å². The first-order chi connectivity index (χ1) is 9.74. The molecule has 112 valence electrons. The van der Waals surface area contributed by atoms with Gasteiger partial charge in [-0.05, 0) is 30.5 Å². The highest BCUT2D eigenvalue weighted by molar-refractivity contribution is 5.43. The van der Waals surface area contributed by atoms with Gasteiger partial charge < -0.3 is 24.1 Å². The number of hydrogen-bond acceptors (Lipinski definition) is 5. The van der Waals surface area contributed by atoms with Crippen LogP contribution in [-0.4, -0.2) is 45.3 Å². The minimum absolute atomic E-state index is 0.179. The summed E-state index contributed by atoms with van der Waals surface area (Å²) < 4.78 is 21.4. The van der Waals surface area contributed by atoms with Gasteiger partial charge in [0.2, 0.25) is 0 Å². The Kier molecular flexibility index (Phi) is 5.64. The van der Waals surface area contributed by atoms with Crippen molar-refractivity contribution in [1.82, 2.24) is 0 Å². The maximum absolute atomic E-state index is 10.2. The molecule has 1 unspecified atom stereocenters. The molecule has 5 nitrogen and oxygen atoms in total. The van der Waals surface area contributed by atoms with Gasteiger partial charge in [0.15, 0.2) is 11.5 Å². The third kappa shape index (κ3) is 3.85. The smallest absolute Gasteiger partial charge is 0.161 e. The molecule has 0 aromatic heterocycles. The van der Waals surface area contributed by atoms with E-state index in [1.54, 1.807) is 26.4 Å². The molecule has 2 rings (SSSR count). The lowest BCUT2D eigenvalue weighted by Gasteiger charge is -2.24. The molecule has 1 heterocycles. The third-order valence-electron chi connectivity index (χ3n) is 3.45. The normalized spacial score (nSPS) is 17.8. The van der Waals surface area contributed by atoms with Crippen LogP contribution in [0.15, 0.2) is 18.2 Å². The van der Waals surface area contributed by atoms with Crippen LogP contribution in [0.1, 0.15) is 24.5 Å². The highest BCUT2D eigenvalue weighted by Gasteiger charge is 2.17. The van der Waals surface area contributed by atoms with Gasteiger partial charge in [0.1, 0.15) is 6.10 Å². The highest BCUT2D eigenvalue weighted by Crippen LogP contribution is 2.30. The van der Waals surface area contributed by atoms with E-state index >= 15 is 0 Å². The molecule has 20 heavy (non-hydrogen) atoms. The van der Waals surface area contributed by atoms with Crippen molar-refractivity contribution < 1.29 is 24.1 Å². The summed E-state index contributed by atoms with van der Waals surface area (Å²) in [6.07, 6.45) is 1.29. The zero-order valence-corrected chi connectivity index (χ0v) is 12.0. The molecule has 1 atom stereocenters. The van der Waals surface area contributed by atoms with Crippen molar-refractivity contribution in [1.29, 1.82) is 0 Å². The predicted molar refractivity (Wildman–Crippen MR) is 74.3 cm³/mol. The average Bonchev–Trinajstić information content (AvgIpc) is 2.52. The second-order valence-corrected chi connectivity index (χ2v) is 4.78. The fourth-order valence-corrected chi connectivity index (χ4v) is 2.23. The molecule has 0 spiro atoms. The molecule has 0 amide bonds. The second-order valence-electron chi connectivity index (χ2n) is 4.78. The fourth-order valence-electron chi connectivity index (χ4n) is 2.23. The Morgan fingerprint density at radius 3 is 2.55 bits per heavy atom. The minimum atomic E-state index is -0.669. The molecule has 0 radical (unpaired) electrons. The number of methoxy groups -OCH3 is 2. The molecule has 1 fully saturated rings. The fraction of sp³-hybridized carbons (Fsp3) is 0.600. The van der Waals surface area contributed by atoms with Crippen LogP contribution in [0.2, 0.25) is 0 Å². The summed E-state index contributed by atoms with van der Waals surface area (Å²) in [4.78, 5) is 0. The number of benzene rings is 1.